The molecule has 9 heteroatoms. The topological polar surface area (TPSA) is 31.8 Å². The summed E-state index contributed by atoms with van der Waals surface area (Å²) in [7, 11) is -4.60. The first kappa shape index (κ1) is 45.4. The monoisotopic (exact) mass is 677 g/mol. The highest BCUT2D eigenvalue weighted by Gasteiger charge is 2.60. The molecule has 0 bridgehead atoms. The van der Waals surface area contributed by atoms with E-state index in [0.29, 0.717) is 0 Å². The Balaban J connectivity index is 9.01. The summed E-state index contributed by atoms with van der Waals surface area (Å²) in [5.74, 6) is 0. The fraction of sp³-hybridized carbons (Fsp3) is 1.00. The molecule has 0 aliphatic heterocycles. The largest absolute Gasteiger partial charge is 0.357 e. The van der Waals surface area contributed by atoms with Crippen LogP contribution in [0.1, 0.15) is 160 Å². The van der Waals surface area contributed by atoms with Crippen molar-refractivity contribution in [1.82, 2.24) is 28.0 Å². The molecule has 0 unspecified atom stereocenters. The van der Waals surface area contributed by atoms with Gasteiger partial charge >= 0.3 is 7.87 Å². The molecule has 0 rings (SSSR count). The zero-order valence-electron chi connectivity index (χ0n) is 33.0. The van der Waals surface area contributed by atoms with E-state index in [4.69, 9.17) is 4.52 Å². The summed E-state index contributed by atoms with van der Waals surface area (Å²) >= 11 is 0. The fourth-order valence-corrected chi connectivity index (χ4v) is 18.7. The van der Waals surface area contributed by atoms with Crippen LogP contribution >= 0.6 is 15.4 Å². The molecule has 0 aromatic rings. The van der Waals surface area contributed by atoms with E-state index < -0.39 is 15.4 Å². The predicted octanol–water partition coefficient (Wildman–Crippen LogP) is 11.3. The molecule has 0 heterocycles. The van der Waals surface area contributed by atoms with Crippen LogP contribution in [-0.2, 0) is 0 Å². The molecule has 0 aromatic heterocycles. The average molecular weight is 677 g/mol. The summed E-state index contributed by atoms with van der Waals surface area (Å²) in [6.45, 7) is 42.3. The van der Waals surface area contributed by atoms with E-state index in [1.165, 1.54) is 77.0 Å². The average Bonchev–Trinajstić information content (AvgIpc) is 3.02. The van der Waals surface area contributed by atoms with Crippen molar-refractivity contribution in [2.24, 2.45) is 4.52 Å². The van der Waals surface area contributed by atoms with Gasteiger partial charge in [0.05, 0.1) is 0 Å². The third kappa shape index (κ3) is 13.0. The van der Waals surface area contributed by atoms with Crippen LogP contribution in [0.4, 0.5) is 0 Å². The van der Waals surface area contributed by atoms with Gasteiger partial charge in [-0.2, -0.15) is 0 Å². The highest BCUT2D eigenvalue weighted by molar-refractivity contribution is 7.75. The maximum absolute atomic E-state index is 6.94. The van der Waals surface area contributed by atoms with Crippen molar-refractivity contribution in [1.29, 1.82) is 0 Å². The third-order valence-electron chi connectivity index (χ3n) is 8.30. The minimum Gasteiger partial charge on any atom is -0.243 e. The lowest BCUT2D eigenvalue weighted by molar-refractivity contribution is 0.285. The Hall–Kier alpha value is 0.420. The smallest absolute Gasteiger partial charge is 0.243 e. The van der Waals surface area contributed by atoms with E-state index in [-0.39, 0.29) is 0 Å². The van der Waals surface area contributed by atoms with Gasteiger partial charge in [-0.1, -0.05) is 83.1 Å². The van der Waals surface area contributed by atoms with Gasteiger partial charge < -0.3 is 0 Å². The van der Waals surface area contributed by atoms with Crippen LogP contribution in [0.3, 0.4) is 0 Å². The lowest BCUT2D eigenvalue weighted by atomic mass is 10.4. The van der Waals surface area contributed by atoms with E-state index in [1.807, 2.05) is 0 Å². The van der Waals surface area contributed by atoms with Crippen LogP contribution in [0.25, 0.3) is 0 Å². The Morgan fingerprint density at radius 2 is 0.489 bits per heavy atom. The standard InChI is InChI=1S/C36H84N7P2/c1-13-25-38(26-14-2)44(39(27-15-3)28-16-4,40(29-17-5)30-18-6)37-45(41(31-19-7)32-20-8,42(33-21-9)34-22-10)43(35-23-11)36-24-12/h13-36H2,1-12H3/q+1. The lowest BCUT2D eigenvalue weighted by Gasteiger charge is -2.52. The second-order valence-electron chi connectivity index (χ2n) is 12.9. The van der Waals surface area contributed by atoms with Crippen molar-refractivity contribution in [3.05, 3.63) is 0 Å². The molecule has 0 aromatic carbocycles. The van der Waals surface area contributed by atoms with Crippen molar-refractivity contribution in [2.45, 2.75) is 160 Å². The SMILES string of the molecule is CCCN(CCC)P(=N[P+](N(CCC)CCC)(N(CCC)CCC)N(CCC)CCC)(N(CCC)CCC)N(CCC)CCC. The van der Waals surface area contributed by atoms with Crippen molar-refractivity contribution >= 4 is 15.4 Å². The zero-order valence-corrected chi connectivity index (χ0v) is 34.8. The Bertz CT molecular complexity index is 614. The van der Waals surface area contributed by atoms with Gasteiger partial charge in [0.1, 0.15) is 0 Å². The van der Waals surface area contributed by atoms with Gasteiger partial charge in [-0.15, -0.1) is 14.0 Å². The minimum atomic E-state index is -2.30. The van der Waals surface area contributed by atoms with Gasteiger partial charge in [0.15, 0.2) is 0 Å². The molecule has 7 nitrogen and oxygen atoms in total. The van der Waals surface area contributed by atoms with Gasteiger partial charge in [-0.3, -0.25) is 0 Å². The van der Waals surface area contributed by atoms with Gasteiger partial charge in [0, 0.05) is 78.5 Å². The molecule has 0 fully saturated rings. The molecule has 45 heavy (non-hydrogen) atoms. The van der Waals surface area contributed by atoms with Crippen LogP contribution in [0.2, 0.25) is 0 Å². The number of hydrogen-bond acceptors (Lipinski definition) is 4. The molecule has 0 radical (unpaired) electrons. The van der Waals surface area contributed by atoms with Crippen molar-refractivity contribution in [3.63, 3.8) is 0 Å². The van der Waals surface area contributed by atoms with E-state index >= 15 is 0 Å². The Kier molecular flexibility index (Phi) is 27.5. The summed E-state index contributed by atoms with van der Waals surface area (Å²) in [5, 5.41) is 0. The van der Waals surface area contributed by atoms with Crippen LogP contribution in [0.15, 0.2) is 4.52 Å². The summed E-state index contributed by atoms with van der Waals surface area (Å²) in [6.07, 6.45) is 14.1. The molecular weight excluding hydrogens is 592 g/mol. The van der Waals surface area contributed by atoms with Crippen molar-refractivity contribution in [3.8, 4) is 0 Å². The molecule has 0 spiro atoms. The van der Waals surface area contributed by atoms with Crippen LogP contribution in [0.5, 0.6) is 0 Å². The Morgan fingerprint density at radius 3 is 0.644 bits per heavy atom. The summed E-state index contributed by atoms with van der Waals surface area (Å²) in [5.41, 5.74) is 0. The third-order valence-corrected chi connectivity index (χ3v) is 17.2. The maximum Gasteiger partial charge on any atom is 0.357 e. The van der Waals surface area contributed by atoms with Crippen molar-refractivity contribution in [2.75, 3.05) is 78.5 Å². The minimum absolute atomic E-state index is 1.13. The van der Waals surface area contributed by atoms with E-state index in [2.05, 4.69) is 111 Å². The molecular formula is C36H84N7P2+. The maximum atomic E-state index is 6.94. The summed E-state index contributed by atoms with van der Waals surface area (Å²) in [6, 6.07) is 0. The Morgan fingerprint density at radius 1 is 0.311 bits per heavy atom. The van der Waals surface area contributed by atoms with Gasteiger partial charge in [0.25, 0.3) is 0 Å². The molecule has 0 atom stereocenters. The fourth-order valence-electron chi connectivity index (χ4n) is 6.95. The second kappa shape index (κ2) is 27.3. The van der Waals surface area contributed by atoms with Crippen molar-refractivity contribution < 1.29 is 0 Å². The molecule has 0 saturated carbocycles. The highest BCUT2D eigenvalue weighted by atomic mass is 31.2. The Labute approximate surface area is 286 Å². The molecule has 0 N–H and O–H groups in total. The van der Waals surface area contributed by atoms with Gasteiger partial charge in [-0.25, -0.2) is 14.0 Å². The first-order chi connectivity index (χ1) is 21.8. The zero-order chi connectivity index (χ0) is 34.1. The number of hydrogen-bond donors (Lipinski definition) is 0. The molecule has 0 saturated heterocycles. The first-order valence-electron chi connectivity index (χ1n) is 19.9. The highest BCUT2D eigenvalue weighted by Crippen LogP contribution is 2.77. The van der Waals surface area contributed by atoms with Crippen LogP contribution in [0, 0.1) is 0 Å². The van der Waals surface area contributed by atoms with Gasteiger partial charge in [-0.05, 0) is 81.6 Å². The van der Waals surface area contributed by atoms with E-state index in [1.54, 1.807) is 0 Å². The predicted molar refractivity (Wildman–Crippen MR) is 209 cm³/mol. The second-order valence-corrected chi connectivity index (χ2v) is 19.1. The molecule has 0 aliphatic rings. The number of rotatable bonds is 31. The van der Waals surface area contributed by atoms with Gasteiger partial charge in [0.2, 0.25) is 7.51 Å². The normalized spacial score (nSPS) is 13.1. The van der Waals surface area contributed by atoms with E-state index in [0.717, 1.165) is 78.5 Å². The van der Waals surface area contributed by atoms with Crippen LogP contribution in [-0.4, -0.2) is 107 Å². The van der Waals surface area contributed by atoms with E-state index in [9.17, 15) is 0 Å². The lowest BCUT2D eigenvalue weighted by Crippen LogP contribution is -2.48. The summed E-state index contributed by atoms with van der Waals surface area (Å²) < 4.78 is 24.8. The molecule has 272 valence electrons. The van der Waals surface area contributed by atoms with Crippen LogP contribution < -0.4 is 0 Å². The first-order valence-corrected chi connectivity index (χ1v) is 23.1. The summed E-state index contributed by atoms with van der Waals surface area (Å²) in [4.78, 5) is 0. The molecule has 0 amide bonds. The number of nitrogens with zero attached hydrogens (tertiary/aromatic N) is 7. The molecule has 0 aliphatic carbocycles. The quantitative estimate of drug-likeness (QED) is 0.0680.